The Labute approximate surface area is 64.8 Å². The number of carbonyl (C=O) groups is 1. The zero-order valence-corrected chi connectivity index (χ0v) is 6.56. The van der Waals surface area contributed by atoms with E-state index in [1.54, 1.807) is 6.07 Å². The summed E-state index contributed by atoms with van der Waals surface area (Å²) in [5.74, 6) is -0.0718. The van der Waals surface area contributed by atoms with Crippen molar-refractivity contribution in [2.45, 2.75) is 13.3 Å². The van der Waals surface area contributed by atoms with Crippen molar-refractivity contribution in [3.63, 3.8) is 0 Å². The maximum absolute atomic E-state index is 9.82. The average molecular weight is 106 g/mol. The van der Waals surface area contributed by atoms with Gasteiger partial charge < -0.3 is 0 Å². The van der Waals surface area contributed by atoms with Crippen LogP contribution < -0.4 is 0 Å². The van der Waals surface area contributed by atoms with E-state index in [4.69, 9.17) is 5.26 Å². The van der Waals surface area contributed by atoms with Crippen LogP contribution in [-0.4, -0.2) is 35.3 Å². The first-order chi connectivity index (χ1) is 2.77. The van der Waals surface area contributed by atoms with Gasteiger partial charge in [0.2, 0.25) is 0 Å². The second-order valence-corrected chi connectivity index (χ2v) is 1.04. The quantitative estimate of drug-likeness (QED) is 0.445. The van der Waals surface area contributed by atoms with E-state index in [0.29, 0.717) is 0 Å². The Hall–Kier alpha value is 0.160. The van der Waals surface area contributed by atoms with E-state index in [0.717, 1.165) is 0 Å². The van der Waals surface area contributed by atoms with Crippen LogP contribution >= 0.6 is 0 Å². The molecular weight excluding hydrogens is 101 g/mol. The monoisotopic (exact) mass is 106 g/mol. The molecular formula is C4H5NNaO. The molecule has 0 aromatic carbocycles. The van der Waals surface area contributed by atoms with Crippen molar-refractivity contribution in [3.05, 3.63) is 0 Å². The third-order valence-corrected chi connectivity index (χ3v) is 0.328. The summed E-state index contributed by atoms with van der Waals surface area (Å²) in [7, 11) is 0. The van der Waals surface area contributed by atoms with E-state index in [1.807, 2.05) is 0 Å². The fourth-order valence-electron chi connectivity index (χ4n) is 0.111. The Morgan fingerprint density at radius 1 is 1.86 bits per heavy atom. The predicted molar refractivity (Wildman–Crippen MR) is 26.7 cm³/mol. The molecule has 0 fully saturated rings. The van der Waals surface area contributed by atoms with Crippen LogP contribution in [-0.2, 0) is 4.79 Å². The molecule has 0 bridgehead atoms. The molecule has 0 atom stereocenters. The summed E-state index contributed by atoms with van der Waals surface area (Å²) in [6.45, 7) is 1.39. The minimum absolute atomic E-state index is 0. The van der Waals surface area contributed by atoms with Crippen molar-refractivity contribution in [1.29, 1.82) is 5.26 Å². The van der Waals surface area contributed by atoms with Crippen molar-refractivity contribution >= 4 is 35.3 Å². The van der Waals surface area contributed by atoms with Gasteiger partial charge in [-0.25, -0.2) is 0 Å². The Kier molecular flexibility index (Phi) is 8.98. The first kappa shape index (κ1) is 10.2. The number of Topliss-reactive ketones (excluding diaryl/α,β-unsaturated/α-hetero) is 1. The van der Waals surface area contributed by atoms with Crippen LogP contribution in [0.4, 0.5) is 0 Å². The summed E-state index contributed by atoms with van der Waals surface area (Å²) in [5, 5.41) is 7.77. The van der Waals surface area contributed by atoms with Crippen LogP contribution in [0.2, 0.25) is 0 Å². The van der Waals surface area contributed by atoms with Crippen molar-refractivity contribution in [1.82, 2.24) is 0 Å². The fraction of sp³-hybridized carbons (Fsp3) is 0.500. The van der Waals surface area contributed by atoms with Crippen molar-refractivity contribution in [2.24, 2.45) is 0 Å². The zero-order valence-electron chi connectivity index (χ0n) is 4.56. The fourth-order valence-corrected chi connectivity index (χ4v) is 0.111. The molecule has 0 unspecified atom stereocenters. The van der Waals surface area contributed by atoms with Gasteiger partial charge in [0.25, 0.3) is 0 Å². The van der Waals surface area contributed by atoms with Gasteiger partial charge in [-0.2, -0.15) is 5.26 Å². The molecule has 0 rings (SSSR count). The number of carbonyl (C=O) groups excluding carboxylic acids is 1. The standard InChI is InChI=1S/C4H5NO.Na/c1-4(6)2-3-5;/h2H2,1H3;. The molecule has 0 aromatic heterocycles. The van der Waals surface area contributed by atoms with Crippen LogP contribution in [0.1, 0.15) is 13.3 Å². The van der Waals surface area contributed by atoms with E-state index in [-0.39, 0.29) is 41.8 Å². The summed E-state index contributed by atoms with van der Waals surface area (Å²) in [4.78, 5) is 9.82. The maximum Gasteiger partial charge on any atom is 0.143 e. The SMILES string of the molecule is CC(=O)CC#N.[Na]. The van der Waals surface area contributed by atoms with Gasteiger partial charge in [-0.15, -0.1) is 0 Å². The molecule has 0 aliphatic heterocycles. The van der Waals surface area contributed by atoms with E-state index in [1.165, 1.54) is 6.92 Å². The van der Waals surface area contributed by atoms with Gasteiger partial charge in [0, 0.05) is 29.6 Å². The molecule has 3 heteroatoms. The number of nitriles is 1. The van der Waals surface area contributed by atoms with Gasteiger partial charge in [-0.1, -0.05) is 0 Å². The molecule has 0 heterocycles. The third-order valence-electron chi connectivity index (χ3n) is 0.328. The van der Waals surface area contributed by atoms with Gasteiger partial charge in [0.15, 0.2) is 0 Å². The third kappa shape index (κ3) is 10.7. The van der Waals surface area contributed by atoms with Crippen molar-refractivity contribution in [2.75, 3.05) is 0 Å². The van der Waals surface area contributed by atoms with Crippen LogP contribution in [0.5, 0.6) is 0 Å². The van der Waals surface area contributed by atoms with Gasteiger partial charge in [-0.3, -0.25) is 4.79 Å². The Bertz CT molecular complexity index is 94.4. The molecule has 1 radical (unpaired) electrons. The molecule has 0 saturated heterocycles. The number of rotatable bonds is 1. The smallest absolute Gasteiger partial charge is 0.143 e. The Balaban J connectivity index is 0. The van der Waals surface area contributed by atoms with Crippen LogP contribution in [0.15, 0.2) is 0 Å². The predicted octanol–water partition coefficient (Wildman–Crippen LogP) is 0.108. The van der Waals surface area contributed by atoms with E-state index in [9.17, 15) is 4.79 Å². The largest absolute Gasteiger partial charge is 0.299 e. The average Bonchev–Trinajstić information content (AvgIpc) is 1.35. The van der Waals surface area contributed by atoms with Gasteiger partial charge in [-0.05, 0) is 6.92 Å². The van der Waals surface area contributed by atoms with E-state index < -0.39 is 0 Å². The molecule has 0 aliphatic rings. The molecule has 0 aliphatic carbocycles. The first-order valence-corrected chi connectivity index (χ1v) is 1.63. The minimum atomic E-state index is -0.0718. The number of hydrogen-bond acceptors (Lipinski definition) is 2. The van der Waals surface area contributed by atoms with Gasteiger partial charge >= 0.3 is 0 Å². The summed E-state index contributed by atoms with van der Waals surface area (Å²) < 4.78 is 0. The van der Waals surface area contributed by atoms with Crippen molar-refractivity contribution < 1.29 is 4.79 Å². The first-order valence-electron chi connectivity index (χ1n) is 1.63. The molecule has 0 N–H and O–H groups in total. The summed E-state index contributed by atoms with van der Waals surface area (Å²) in [6, 6.07) is 1.72. The number of nitrogens with zero attached hydrogens (tertiary/aromatic N) is 1. The molecule has 2 nitrogen and oxygen atoms in total. The van der Waals surface area contributed by atoms with E-state index >= 15 is 0 Å². The zero-order chi connectivity index (χ0) is 4.99. The molecule has 7 heavy (non-hydrogen) atoms. The second-order valence-electron chi connectivity index (χ2n) is 1.04. The van der Waals surface area contributed by atoms with Crippen LogP contribution in [0, 0.1) is 11.3 Å². The Morgan fingerprint density at radius 2 is 2.29 bits per heavy atom. The summed E-state index contributed by atoms with van der Waals surface area (Å²) in [6.07, 6.45) is 0.0417. The van der Waals surface area contributed by atoms with Crippen molar-refractivity contribution in [3.8, 4) is 6.07 Å². The number of ketones is 1. The molecule has 0 saturated carbocycles. The molecule has 0 spiro atoms. The Morgan fingerprint density at radius 3 is 2.29 bits per heavy atom. The normalized spacial score (nSPS) is 5.71. The topological polar surface area (TPSA) is 40.9 Å². The van der Waals surface area contributed by atoms with Crippen LogP contribution in [0.25, 0.3) is 0 Å². The summed E-state index contributed by atoms with van der Waals surface area (Å²) in [5.41, 5.74) is 0. The number of hydrogen-bond donors (Lipinski definition) is 0. The molecule has 0 amide bonds. The minimum Gasteiger partial charge on any atom is -0.299 e. The second kappa shape index (κ2) is 6.16. The maximum atomic E-state index is 9.82. The molecule has 0 aromatic rings. The molecule has 33 valence electrons. The van der Waals surface area contributed by atoms with Gasteiger partial charge in [0.05, 0.1) is 12.5 Å². The summed E-state index contributed by atoms with van der Waals surface area (Å²) >= 11 is 0. The van der Waals surface area contributed by atoms with Gasteiger partial charge in [0.1, 0.15) is 5.78 Å². The van der Waals surface area contributed by atoms with E-state index in [2.05, 4.69) is 0 Å². The van der Waals surface area contributed by atoms with Crippen LogP contribution in [0.3, 0.4) is 0 Å².